The molecule has 1 heterocycles. The molecule has 0 aliphatic carbocycles. The maximum absolute atomic E-state index is 13.5. The Hall–Kier alpha value is -3.26. The third-order valence-corrected chi connectivity index (χ3v) is 23.6. The van der Waals surface area contributed by atoms with E-state index in [-0.39, 0.29) is 47.7 Å². The van der Waals surface area contributed by atoms with Crippen LogP contribution in [-0.2, 0) is 57.2 Å². The Morgan fingerprint density at radius 3 is 1.10 bits per heavy atom. The smallest absolute Gasteiger partial charge is 0.308 e. The Labute approximate surface area is 667 Å². The van der Waals surface area contributed by atoms with Crippen molar-refractivity contribution in [3.8, 4) is 0 Å². The lowest BCUT2D eigenvalue weighted by Crippen LogP contribution is -2.24. The molecule has 0 aromatic rings. The summed E-state index contributed by atoms with van der Waals surface area (Å²) in [6, 6.07) is 0. The average molecular weight is 1530 g/mol. The van der Waals surface area contributed by atoms with Crippen molar-refractivity contribution in [2.75, 3.05) is 79.9 Å². The van der Waals surface area contributed by atoms with Crippen LogP contribution in [0.15, 0.2) is 0 Å². The fourth-order valence-electron chi connectivity index (χ4n) is 16.2. The highest BCUT2D eigenvalue weighted by Gasteiger charge is 2.27. The van der Waals surface area contributed by atoms with Crippen LogP contribution in [0.4, 0.5) is 0 Å². The minimum Gasteiger partial charge on any atom is -0.466 e. The van der Waals surface area contributed by atoms with E-state index in [9.17, 15) is 28.8 Å². The molecule has 1 aliphatic rings. The van der Waals surface area contributed by atoms with Crippen LogP contribution in [0.25, 0.3) is 0 Å². The molecular weight excluding hydrogens is 1350 g/mol. The van der Waals surface area contributed by atoms with Gasteiger partial charge in [0.25, 0.3) is 0 Å². The minimum atomic E-state index is -0.0886. The number of unbranched alkanes of at least 4 members (excludes halogenated alkanes) is 22. The zero-order chi connectivity index (χ0) is 79.5. The summed E-state index contributed by atoms with van der Waals surface area (Å²) in [5.41, 5.74) is 0. The molecule has 0 N–H and O–H groups in total. The molecule has 108 heavy (non-hydrogen) atoms. The van der Waals surface area contributed by atoms with Gasteiger partial charge in [0.15, 0.2) is 0 Å². The SMILES string of the molecule is CCCCCC(CCCCC)CCOC(=O)CCCCCCCC(CCCCCCCC(=O)OCC(CCC(C)C)C(C)CC(CCC)CC(CCCCC)CCOC(=O)CCCCCCCC(CCCCCCCC(=O)OCC(CCC(C)C)C(C)C)C(=O)OCCCN1CCCC1)C(=O)OCCCN(C)C. The second kappa shape index (κ2) is 71.5. The Bertz CT molecular complexity index is 2100. The maximum atomic E-state index is 13.5. The highest BCUT2D eigenvalue weighted by molar-refractivity contribution is 5.73. The molecule has 0 spiro atoms. The molecule has 636 valence electrons. The molecule has 0 aromatic heterocycles. The second-order valence-corrected chi connectivity index (χ2v) is 35.4. The van der Waals surface area contributed by atoms with Gasteiger partial charge in [-0.25, -0.2) is 0 Å². The molecule has 0 aromatic carbocycles. The van der Waals surface area contributed by atoms with Crippen LogP contribution < -0.4 is 0 Å². The van der Waals surface area contributed by atoms with Gasteiger partial charge in [-0.2, -0.15) is 0 Å². The molecule has 14 nitrogen and oxygen atoms in total. The number of ether oxygens (including phenoxy) is 6. The van der Waals surface area contributed by atoms with E-state index in [1.807, 2.05) is 14.1 Å². The van der Waals surface area contributed by atoms with Crippen molar-refractivity contribution in [3.63, 3.8) is 0 Å². The number of carbonyl (C=O) groups is 6. The predicted molar refractivity (Wildman–Crippen MR) is 451 cm³/mol. The van der Waals surface area contributed by atoms with E-state index in [1.165, 1.54) is 96.3 Å². The van der Waals surface area contributed by atoms with Crippen LogP contribution in [0.3, 0.4) is 0 Å². The third-order valence-electron chi connectivity index (χ3n) is 23.6. The van der Waals surface area contributed by atoms with Crippen LogP contribution in [0.1, 0.15) is 423 Å². The lowest BCUT2D eigenvalue weighted by molar-refractivity contribution is -0.150. The summed E-state index contributed by atoms with van der Waals surface area (Å²) in [5.74, 6) is 4.12. The zero-order valence-electron chi connectivity index (χ0n) is 73.4. The molecule has 0 bridgehead atoms. The van der Waals surface area contributed by atoms with Crippen LogP contribution >= 0.6 is 0 Å². The number of rotatable bonds is 78. The summed E-state index contributed by atoms with van der Waals surface area (Å²) in [6.07, 6.45) is 54.9. The van der Waals surface area contributed by atoms with Gasteiger partial charge < -0.3 is 38.2 Å². The molecule has 0 saturated carbocycles. The lowest BCUT2D eigenvalue weighted by Gasteiger charge is -2.30. The summed E-state index contributed by atoms with van der Waals surface area (Å²) in [7, 11) is 4.08. The van der Waals surface area contributed by atoms with E-state index in [0.717, 1.165) is 251 Å². The molecule has 1 fully saturated rings. The molecule has 1 aliphatic heterocycles. The summed E-state index contributed by atoms with van der Waals surface area (Å²) in [6.45, 7) is 32.2. The Morgan fingerprint density at radius 1 is 0.324 bits per heavy atom. The summed E-state index contributed by atoms with van der Waals surface area (Å²) < 4.78 is 35.3. The van der Waals surface area contributed by atoms with Gasteiger partial charge in [0.05, 0.1) is 51.5 Å². The van der Waals surface area contributed by atoms with Crippen LogP contribution in [0.2, 0.25) is 0 Å². The van der Waals surface area contributed by atoms with Crippen LogP contribution in [-0.4, -0.2) is 126 Å². The molecule has 7 unspecified atom stereocenters. The van der Waals surface area contributed by atoms with Gasteiger partial charge >= 0.3 is 35.8 Å². The highest BCUT2D eigenvalue weighted by atomic mass is 16.6. The van der Waals surface area contributed by atoms with Gasteiger partial charge in [-0.05, 0) is 196 Å². The van der Waals surface area contributed by atoms with Gasteiger partial charge in [0.2, 0.25) is 0 Å². The number of esters is 6. The molecule has 7 atom stereocenters. The first kappa shape index (κ1) is 103. The topological polar surface area (TPSA) is 164 Å². The van der Waals surface area contributed by atoms with Crippen LogP contribution in [0, 0.1) is 65.1 Å². The van der Waals surface area contributed by atoms with Crippen molar-refractivity contribution in [2.45, 2.75) is 423 Å². The van der Waals surface area contributed by atoms with Crippen molar-refractivity contribution >= 4 is 35.8 Å². The summed E-state index contributed by atoms with van der Waals surface area (Å²) in [4.78, 5) is 83.1. The normalized spacial score (nSPS) is 14.7. The standard InChI is InChI=1S/C94H178N2O12/c1-14-18-33-49-82(50-34-19-15-2)64-72-103-89(97)56-40-29-21-25-36-52-85(93(101)105-70-46-66-95(12)13)53-38-28-24-32-43-59-92(100)108-77-88(63-61-79(7)8)81(11)74-84(48-17-4)75-83(51-35-20-16-3)65-73-104-90(98)57-41-30-22-26-37-54-86(94(102)106-71-47-69-96-67-44-45-68-96)55-39-27-23-31-42-58-91(99)107-76-87(80(9)10)62-60-78(5)6/h78-88H,14-77H2,1-13H3. The van der Waals surface area contributed by atoms with Crippen LogP contribution in [0.5, 0.6) is 0 Å². The number of likely N-dealkylation sites (tertiary alicyclic amines) is 1. The number of hydrogen-bond donors (Lipinski definition) is 0. The van der Waals surface area contributed by atoms with Gasteiger partial charge in [0.1, 0.15) is 0 Å². The average Bonchev–Trinajstić information content (AvgIpc) is 1.06. The number of nitrogens with zero attached hydrogens (tertiary/aromatic N) is 2. The minimum absolute atomic E-state index is 0.0352. The predicted octanol–water partition coefficient (Wildman–Crippen LogP) is 25.2. The van der Waals surface area contributed by atoms with Crippen molar-refractivity contribution in [1.82, 2.24) is 9.80 Å². The molecular formula is C94H178N2O12. The Kier molecular flexibility index (Phi) is 68.0. The first-order valence-corrected chi connectivity index (χ1v) is 46.5. The van der Waals surface area contributed by atoms with Gasteiger partial charge in [0, 0.05) is 38.8 Å². The maximum Gasteiger partial charge on any atom is 0.308 e. The summed E-state index contributed by atoms with van der Waals surface area (Å²) in [5, 5.41) is 0. The van der Waals surface area contributed by atoms with E-state index in [4.69, 9.17) is 28.4 Å². The molecule has 0 radical (unpaired) electrons. The Morgan fingerprint density at radius 2 is 0.694 bits per heavy atom. The van der Waals surface area contributed by atoms with Crippen molar-refractivity contribution in [3.05, 3.63) is 0 Å². The van der Waals surface area contributed by atoms with Crippen molar-refractivity contribution in [2.24, 2.45) is 65.1 Å². The Balaban J connectivity index is 2.62. The highest BCUT2D eigenvalue weighted by Crippen LogP contribution is 2.35. The van der Waals surface area contributed by atoms with Crippen molar-refractivity contribution in [1.29, 1.82) is 0 Å². The summed E-state index contributed by atoms with van der Waals surface area (Å²) >= 11 is 0. The van der Waals surface area contributed by atoms with E-state index in [2.05, 4.69) is 86.0 Å². The monoisotopic (exact) mass is 1530 g/mol. The van der Waals surface area contributed by atoms with E-state index >= 15 is 0 Å². The second-order valence-electron chi connectivity index (χ2n) is 35.4. The fourth-order valence-corrected chi connectivity index (χ4v) is 16.2. The number of hydrogen-bond acceptors (Lipinski definition) is 14. The quantitative estimate of drug-likeness (QED) is 0.0321. The fraction of sp³-hybridized carbons (Fsp3) is 0.936. The first-order chi connectivity index (χ1) is 52.2. The van der Waals surface area contributed by atoms with E-state index in [1.54, 1.807) is 0 Å². The molecule has 1 rings (SSSR count). The van der Waals surface area contributed by atoms with Gasteiger partial charge in [-0.1, -0.05) is 282 Å². The first-order valence-electron chi connectivity index (χ1n) is 46.5. The number of carbonyl (C=O) groups excluding carboxylic acids is 6. The van der Waals surface area contributed by atoms with Gasteiger partial charge in [-0.3, -0.25) is 28.8 Å². The third kappa shape index (κ3) is 61.3. The molecule has 14 heteroatoms. The zero-order valence-corrected chi connectivity index (χ0v) is 73.4. The molecule has 1 saturated heterocycles. The van der Waals surface area contributed by atoms with E-state index in [0.29, 0.717) is 119 Å². The lowest BCUT2D eigenvalue weighted by atomic mass is 9.77. The van der Waals surface area contributed by atoms with Crippen molar-refractivity contribution < 1.29 is 57.2 Å². The van der Waals surface area contributed by atoms with E-state index < -0.39 is 0 Å². The largest absolute Gasteiger partial charge is 0.466 e. The van der Waals surface area contributed by atoms with Gasteiger partial charge in [-0.15, -0.1) is 0 Å². The molecule has 0 amide bonds.